The molecule has 0 radical (unpaired) electrons. The van der Waals surface area contributed by atoms with Crippen molar-refractivity contribution in [2.75, 3.05) is 20.2 Å². The lowest BCUT2D eigenvalue weighted by molar-refractivity contribution is 0.0171. The first-order chi connectivity index (χ1) is 23.4. The van der Waals surface area contributed by atoms with Crippen LogP contribution in [0, 0.1) is 0 Å². The number of rotatable bonds is 8. The topological polar surface area (TPSA) is 114 Å². The Labute approximate surface area is 284 Å². The summed E-state index contributed by atoms with van der Waals surface area (Å²) >= 11 is 0. The lowest BCUT2D eigenvalue weighted by Crippen LogP contribution is -2.44. The molecule has 2 aliphatic heterocycles. The number of phenols is 1. The standard InChI is InChI=1S/C40H50N4O4/c1-3-4-6-11-35-21-34(45)14-12-28-13-15-37(46)38(19-28)48-25-32-18-29(16-27-9-7-5-8-10-27)17-31-23-44(24-36(31)32)40-33(26-47-35)20-30(22-42-2)39(41)43-40/h5,7-10,13,15,17-20,23-24,34-35,39,42-43,45-46H,3-4,6,11-12,14,16,21-22,25-26,41H2,1-2H3/t34-,35+,39?/m1/s1. The Hall–Kier alpha value is -4.08. The molecule has 3 atom stereocenters. The molecule has 6 rings (SSSR count). The van der Waals surface area contributed by atoms with E-state index in [-0.39, 0.29) is 24.6 Å². The zero-order valence-electron chi connectivity index (χ0n) is 28.3. The summed E-state index contributed by atoms with van der Waals surface area (Å²) in [7, 11) is 1.92. The second-order valence-electron chi connectivity index (χ2n) is 13.3. The lowest BCUT2D eigenvalue weighted by atomic mass is 9.99. The first-order valence-corrected chi connectivity index (χ1v) is 17.4. The van der Waals surface area contributed by atoms with Crippen LogP contribution in [0.25, 0.3) is 16.6 Å². The minimum Gasteiger partial charge on any atom is -0.504 e. The van der Waals surface area contributed by atoms with Crippen molar-refractivity contribution in [1.29, 1.82) is 0 Å². The fourth-order valence-electron chi connectivity index (χ4n) is 6.85. The summed E-state index contributed by atoms with van der Waals surface area (Å²) in [4.78, 5) is 0. The Morgan fingerprint density at radius 3 is 2.69 bits per heavy atom. The van der Waals surface area contributed by atoms with Gasteiger partial charge in [-0.15, -0.1) is 0 Å². The SMILES string of the molecule is CCCCC[C@H]1C[C@H](O)CCc2ccc(O)c(c2)OCc2cc(Cc3ccccc3)cc3cn(cc23)C2=C(C=C(CNC)C(N)N2)CO1. The van der Waals surface area contributed by atoms with Gasteiger partial charge >= 0.3 is 0 Å². The highest BCUT2D eigenvalue weighted by molar-refractivity contribution is 5.88. The second-order valence-corrected chi connectivity index (χ2v) is 13.3. The molecule has 0 fully saturated rings. The Morgan fingerprint density at radius 2 is 1.88 bits per heavy atom. The molecule has 4 bridgehead atoms. The van der Waals surface area contributed by atoms with Gasteiger partial charge in [0.25, 0.3) is 0 Å². The monoisotopic (exact) mass is 650 g/mol. The van der Waals surface area contributed by atoms with Crippen molar-refractivity contribution in [2.24, 2.45) is 5.73 Å². The van der Waals surface area contributed by atoms with Crippen LogP contribution in [0.3, 0.4) is 0 Å². The van der Waals surface area contributed by atoms with Gasteiger partial charge in [0.15, 0.2) is 11.5 Å². The van der Waals surface area contributed by atoms with Crippen molar-refractivity contribution in [3.63, 3.8) is 0 Å². The average molecular weight is 651 g/mol. The number of aliphatic hydroxyl groups excluding tert-OH is 1. The molecule has 3 aromatic carbocycles. The van der Waals surface area contributed by atoms with E-state index in [1.807, 2.05) is 25.2 Å². The summed E-state index contributed by atoms with van der Waals surface area (Å²) in [5, 5.41) is 30.9. The number of fused-ring (bicyclic) bond motifs is 4. The molecule has 6 N–H and O–H groups in total. The van der Waals surface area contributed by atoms with Gasteiger partial charge in [-0.05, 0) is 91.3 Å². The van der Waals surface area contributed by atoms with Crippen LogP contribution in [0.15, 0.2) is 90.3 Å². The molecular formula is C40H50N4O4. The highest BCUT2D eigenvalue weighted by Crippen LogP contribution is 2.32. The van der Waals surface area contributed by atoms with Crippen molar-refractivity contribution < 1.29 is 19.7 Å². The first kappa shape index (κ1) is 33.8. The normalized spacial score (nSPS) is 20.4. The van der Waals surface area contributed by atoms with Crippen molar-refractivity contribution in [3.05, 3.63) is 113 Å². The number of nitrogens with zero attached hydrogens (tertiary/aromatic N) is 1. The maximum absolute atomic E-state index is 11.2. The lowest BCUT2D eigenvalue weighted by Gasteiger charge is -2.29. The number of aromatic nitrogens is 1. The number of ether oxygens (including phenoxy) is 2. The Bertz CT molecular complexity index is 1740. The number of hydrogen-bond donors (Lipinski definition) is 5. The molecule has 4 aromatic rings. The zero-order chi connectivity index (χ0) is 33.5. The van der Waals surface area contributed by atoms with Gasteiger partial charge in [-0.1, -0.05) is 68.7 Å². The van der Waals surface area contributed by atoms with Gasteiger partial charge < -0.3 is 40.6 Å². The van der Waals surface area contributed by atoms with E-state index in [1.54, 1.807) is 6.07 Å². The number of aromatic hydroxyl groups is 1. The van der Waals surface area contributed by atoms with E-state index in [1.165, 1.54) is 11.1 Å². The third-order valence-corrected chi connectivity index (χ3v) is 9.46. The van der Waals surface area contributed by atoms with Gasteiger partial charge in [-0.25, -0.2) is 0 Å². The van der Waals surface area contributed by atoms with Crippen LogP contribution in [-0.4, -0.2) is 53.4 Å². The Morgan fingerprint density at radius 1 is 1.02 bits per heavy atom. The quantitative estimate of drug-likeness (QED) is 0.141. The smallest absolute Gasteiger partial charge is 0.161 e. The molecule has 8 heteroatoms. The number of benzene rings is 3. The molecule has 254 valence electrons. The molecule has 0 spiro atoms. The second kappa shape index (κ2) is 15.9. The highest BCUT2D eigenvalue weighted by atomic mass is 16.5. The summed E-state index contributed by atoms with van der Waals surface area (Å²) in [5.74, 6) is 1.43. The maximum atomic E-state index is 11.2. The molecule has 2 aliphatic rings. The minimum absolute atomic E-state index is 0.0782. The third kappa shape index (κ3) is 8.31. The first-order valence-electron chi connectivity index (χ1n) is 17.4. The number of aliphatic hydroxyl groups is 1. The van der Waals surface area contributed by atoms with E-state index in [0.29, 0.717) is 38.2 Å². The summed E-state index contributed by atoms with van der Waals surface area (Å²) < 4.78 is 15.1. The number of phenolic OH excluding ortho intramolecular Hbond substituents is 1. The number of dihydropyridines is 1. The van der Waals surface area contributed by atoms with Crippen LogP contribution in [-0.2, 0) is 24.2 Å². The summed E-state index contributed by atoms with van der Waals surface area (Å²) in [6.07, 6.45) is 12.3. The van der Waals surface area contributed by atoms with E-state index < -0.39 is 6.10 Å². The van der Waals surface area contributed by atoms with Crippen LogP contribution in [0.2, 0.25) is 0 Å². The van der Waals surface area contributed by atoms with Crippen molar-refractivity contribution in [3.8, 4) is 11.5 Å². The molecule has 8 nitrogen and oxygen atoms in total. The molecular weight excluding hydrogens is 600 g/mol. The number of unbranched alkanes of at least 4 members (excludes halogenated alkanes) is 2. The molecule has 0 amide bonds. The number of nitrogens with one attached hydrogen (secondary N) is 2. The fourth-order valence-corrected chi connectivity index (χ4v) is 6.85. The average Bonchev–Trinajstić information content (AvgIpc) is 3.51. The van der Waals surface area contributed by atoms with Gasteiger partial charge in [0.2, 0.25) is 0 Å². The predicted molar refractivity (Wildman–Crippen MR) is 193 cm³/mol. The largest absolute Gasteiger partial charge is 0.504 e. The van der Waals surface area contributed by atoms with Crippen LogP contribution in [0.4, 0.5) is 0 Å². The van der Waals surface area contributed by atoms with E-state index in [0.717, 1.165) is 71.0 Å². The molecule has 1 aromatic heterocycles. The van der Waals surface area contributed by atoms with Crippen molar-refractivity contribution >= 4 is 16.6 Å². The highest BCUT2D eigenvalue weighted by Gasteiger charge is 2.24. The summed E-state index contributed by atoms with van der Waals surface area (Å²) in [5.41, 5.74) is 13.2. The Balaban J connectivity index is 1.45. The van der Waals surface area contributed by atoms with Crippen LogP contribution >= 0.6 is 0 Å². The van der Waals surface area contributed by atoms with Crippen LogP contribution in [0.1, 0.15) is 67.7 Å². The molecule has 48 heavy (non-hydrogen) atoms. The number of hydrogen-bond acceptors (Lipinski definition) is 7. The predicted octanol–water partition coefficient (Wildman–Crippen LogP) is 6.38. The molecule has 0 saturated carbocycles. The van der Waals surface area contributed by atoms with Gasteiger partial charge in [0.1, 0.15) is 12.4 Å². The van der Waals surface area contributed by atoms with Crippen LogP contribution < -0.4 is 21.1 Å². The summed E-state index contributed by atoms with van der Waals surface area (Å²) in [6.45, 7) is 3.55. The third-order valence-electron chi connectivity index (χ3n) is 9.46. The minimum atomic E-state index is -0.511. The van der Waals surface area contributed by atoms with Gasteiger partial charge in [-0.2, -0.15) is 0 Å². The maximum Gasteiger partial charge on any atom is 0.161 e. The summed E-state index contributed by atoms with van der Waals surface area (Å²) in [6, 6.07) is 20.4. The molecule has 0 aliphatic carbocycles. The van der Waals surface area contributed by atoms with Crippen molar-refractivity contribution in [2.45, 2.75) is 83.3 Å². The van der Waals surface area contributed by atoms with Gasteiger partial charge in [0.05, 0.1) is 25.0 Å². The van der Waals surface area contributed by atoms with E-state index in [2.05, 4.69) is 77.0 Å². The van der Waals surface area contributed by atoms with Crippen LogP contribution in [0.5, 0.6) is 11.5 Å². The van der Waals surface area contributed by atoms with Gasteiger partial charge in [0, 0.05) is 35.3 Å². The number of aryl methyl sites for hydroxylation is 1. The van der Waals surface area contributed by atoms with E-state index >= 15 is 0 Å². The molecule has 3 heterocycles. The molecule has 1 unspecified atom stereocenters. The number of likely N-dealkylation sites (N-methyl/N-ethyl adjacent to an activating group) is 1. The van der Waals surface area contributed by atoms with E-state index in [9.17, 15) is 10.2 Å². The van der Waals surface area contributed by atoms with Crippen molar-refractivity contribution in [1.82, 2.24) is 15.2 Å². The van der Waals surface area contributed by atoms with Gasteiger partial charge in [-0.3, -0.25) is 0 Å². The molecule has 0 saturated heterocycles. The van der Waals surface area contributed by atoms with E-state index in [4.69, 9.17) is 15.2 Å². The zero-order valence-corrected chi connectivity index (χ0v) is 28.3. The number of nitrogens with two attached hydrogens (primary N) is 1. The Kier molecular flexibility index (Phi) is 11.2. The fraction of sp³-hybridized carbons (Fsp3) is 0.400.